The monoisotopic (exact) mass is 303 g/mol. The average molecular weight is 303 g/mol. The first kappa shape index (κ1) is 10.4. The van der Waals surface area contributed by atoms with Crippen molar-refractivity contribution in [1.82, 2.24) is 4.90 Å². The molecule has 1 N–H and O–H groups in total. The second-order valence-corrected chi connectivity index (χ2v) is 5.08. The van der Waals surface area contributed by atoms with Crippen molar-refractivity contribution in [2.24, 2.45) is 0 Å². The van der Waals surface area contributed by atoms with Crippen molar-refractivity contribution in [3.63, 3.8) is 0 Å². The Kier molecular flexibility index (Phi) is 3.09. The van der Waals surface area contributed by atoms with Crippen molar-refractivity contribution in [3.8, 4) is 0 Å². The summed E-state index contributed by atoms with van der Waals surface area (Å²) in [6, 6.07) is 9.01. The first-order chi connectivity index (χ1) is 6.66. The summed E-state index contributed by atoms with van der Waals surface area (Å²) in [5, 5.41) is 9.22. The minimum Gasteiger partial charge on any atom is -0.390 e. The van der Waals surface area contributed by atoms with E-state index in [0.717, 1.165) is 13.1 Å². The van der Waals surface area contributed by atoms with Crippen LogP contribution in [0.15, 0.2) is 24.3 Å². The molecule has 0 radical (unpaired) electrons. The number of aliphatic hydroxyl groups excluding tert-OH is 1. The predicted molar refractivity (Wildman–Crippen MR) is 65.2 cm³/mol. The molecule has 1 aromatic carbocycles. The Morgan fingerprint density at radius 1 is 1.36 bits per heavy atom. The van der Waals surface area contributed by atoms with E-state index >= 15 is 0 Å². The van der Waals surface area contributed by atoms with Crippen LogP contribution in [0.25, 0.3) is 0 Å². The molecule has 2 nitrogen and oxygen atoms in total. The summed E-state index contributed by atoms with van der Waals surface area (Å²) in [6.45, 7) is 3.81. The zero-order valence-corrected chi connectivity index (χ0v) is 10.3. The van der Waals surface area contributed by atoms with Crippen LogP contribution in [0.4, 0.5) is 0 Å². The zero-order chi connectivity index (χ0) is 10.1. The number of halogens is 1. The van der Waals surface area contributed by atoms with E-state index in [9.17, 15) is 5.11 Å². The van der Waals surface area contributed by atoms with Crippen LogP contribution in [0.1, 0.15) is 18.5 Å². The maximum absolute atomic E-state index is 9.22. The third kappa shape index (κ3) is 2.10. The molecule has 1 fully saturated rings. The fourth-order valence-corrected chi connectivity index (χ4v) is 2.12. The van der Waals surface area contributed by atoms with Crippen LogP contribution in [0.3, 0.4) is 0 Å². The van der Waals surface area contributed by atoms with Crippen LogP contribution >= 0.6 is 22.6 Å². The molecule has 2 rings (SSSR count). The fraction of sp³-hybridized carbons (Fsp3) is 0.455. The lowest BCUT2D eigenvalue weighted by Crippen LogP contribution is -2.51. The molecule has 1 saturated heterocycles. The molecule has 0 amide bonds. The number of hydrogen-bond acceptors (Lipinski definition) is 2. The smallest absolute Gasteiger partial charge is 0.0794 e. The number of rotatable bonds is 2. The van der Waals surface area contributed by atoms with E-state index in [-0.39, 0.29) is 6.10 Å². The highest BCUT2D eigenvalue weighted by Crippen LogP contribution is 2.25. The van der Waals surface area contributed by atoms with Gasteiger partial charge in [-0.15, -0.1) is 0 Å². The summed E-state index contributed by atoms with van der Waals surface area (Å²) < 4.78 is 1.27. The normalized spacial score (nSPS) is 20.5. The van der Waals surface area contributed by atoms with Crippen LogP contribution in [-0.2, 0) is 0 Å². The van der Waals surface area contributed by atoms with Crippen molar-refractivity contribution in [1.29, 1.82) is 0 Å². The van der Waals surface area contributed by atoms with E-state index in [1.807, 2.05) is 0 Å². The Morgan fingerprint density at radius 2 is 1.93 bits per heavy atom. The molecular weight excluding hydrogens is 289 g/mol. The van der Waals surface area contributed by atoms with Gasteiger partial charge in [0.25, 0.3) is 0 Å². The fourth-order valence-electron chi connectivity index (χ4n) is 1.76. The zero-order valence-electron chi connectivity index (χ0n) is 8.15. The average Bonchev–Trinajstić information content (AvgIpc) is 2.13. The van der Waals surface area contributed by atoms with Gasteiger partial charge in [-0.2, -0.15) is 0 Å². The highest BCUT2D eigenvalue weighted by molar-refractivity contribution is 14.1. The van der Waals surface area contributed by atoms with Gasteiger partial charge in [-0.3, -0.25) is 4.90 Å². The van der Waals surface area contributed by atoms with Gasteiger partial charge in [-0.25, -0.2) is 0 Å². The molecular formula is C11H14INO. The molecule has 3 heteroatoms. The van der Waals surface area contributed by atoms with Crippen molar-refractivity contribution in [2.45, 2.75) is 19.1 Å². The van der Waals surface area contributed by atoms with Gasteiger partial charge in [-0.1, -0.05) is 12.1 Å². The lowest BCUT2D eigenvalue weighted by Gasteiger charge is -2.40. The van der Waals surface area contributed by atoms with Gasteiger partial charge in [0.1, 0.15) is 0 Å². The standard InChI is InChI=1S/C11H14INO/c1-8(13-6-11(14)7-13)9-2-4-10(12)5-3-9/h2-5,8,11,14H,6-7H2,1H3/t8-/m1/s1. The van der Waals surface area contributed by atoms with Crippen molar-refractivity contribution >= 4 is 22.6 Å². The van der Waals surface area contributed by atoms with Crippen molar-refractivity contribution in [2.75, 3.05) is 13.1 Å². The summed E-state index contributed by atoms with van der Waals surface area (Å²) >= 11 is 2.31. The summed E-state index contributed by atoms with van der Waals surface area (Å²) in [4.78, 5) is 2.28. The van der Waals surface area contributed by atoms with Crippen LogP contribution < -0.4 is 0 Å². The maximum Gasteiger partial charge on any atom is 0.0794 e. The topological polar surface area (TPSA) is 23.5 Å². The highest BCUT2D eigenvalue weighted by Gasteiger charge is 2.28. The van der Waals surface area contributed by atoms with E-state index in [1.54, 1.807) is 0 Å². The Labute approximate surface area is 98.1 Å². The Balaban J connectivity index is 2.04. The largest absolute Gasteiger partial charge is 0.390 e. The number of benzene rings is 1. The van der Waals surface area contributed by atoms with Gasteiger partial charge < -0.3 is 5.11 Å². The Morgan fingerprint density at radius 3 is 2.43 bits per heavy atom. The first-order valence-electron chi connectivity index (χ1n) is 4.84. The van der Waals surface area contributed by atoms with E-state index in [4.69, 9.17) is 0 Å². The second-order valence-electron chi connectivity index (χ2n) is 3.84. The Hall–Kier alpha value is -0.130. The predicted octanol–water partition coefficient (Wildman–Crippen LogP) is 2.03. The molecule has 1 atom stereocenters. The van der Waals surface area contributed by atoms with Crippen LogP contribution in [-0.4, -0.2) is 29.2 Å². The van der Waals surface area contributed by atoms with Gasteiger partial charge >= 0.3 is 0 Å². The van der Waals surface area contributed by atoms with Crippen LogP contribution in [0.5, 0.6) is 0 Å². The van der Waals surface area contributed by atoms with Crippen LogP contribution in [0.2, 0.25) is 0 Å². The van der Waals surface area contributed by atoms with Crippen molar-refractivity contribution < 1.29 is 5.11 Å². The van der Waals surface area contributed by atoms with Gasteiger partial charge in [0.15, 0.2) is 0 Å². The van der Waals surface area contributed by atoms with Gasteiger partial charge in [0, 0.05) is 22.7 Å². The number of likely N-dealkylation sites (tertiary alicyclic amines) is 1. The Bertz CT molecular complexity index is 306. The summed E-state index contributed by atoms with van der Waals surface area (Å²) in [7, 11) is 0. The van der Waals surface area contributed by atoms with E-state index in [0.29, 0.717) is 6.04 Å². The molecule has 76 valence electrons. The molecule has 0 saturated carbocycles. The minimum absolute atomic E-state index is 0.110. The molecule has 0 aromatic heterocycles. The highest BCUT2D eigenvalue weighted by atomic mass is 127. The second kappa shape index (κ2) is 4.16. The van der Waals surface area contributed by atoms with Crippen molar-refractivity contribution in [3.05, 3.63) is 33.4 Å². The maximum atomic E-state index is 9.22. The minimum atomic E-state index is -0.110. The van der Waals surface area contributed by atoms with Gasteiger partial charge in [-0.05, 0) is 47.2 Å². The number of aliphatic hydroxyl groups is 1. The van der Waals surface area contributed by atoms with E-state index < -0.39 is 0 Å². The van der Waals surface area contributed by atoms with Gasteiger partial charge in [0.2, 0.25) is 0 Å². The quantitative estimate of drug-likeness (QED) is 0.845. The molecule has 1 heterocycles. The molecule has 14 heavy (non-hydrogen) atoms. The SMILES string of the molecule is C[C@H](c1ccc(I)cc1)N1CC(O)C1. The molecule has 1 aliphatic rings. The molecule has 1 aliphatic heterocycles. The van der Waals surface area contributed by atoms with Crippen LogP contribution in [0, 0.1) is 3.57 Å². The molecule has 1 aromatic rings. The lowest BCUT2D eigenvalue weighted by molar-refractivity contribution is -0.0211. The summed E-state index contributed by atoms with van der Waals surface area (Å²) in [5.41, 5.74) is 1.33. The van der Waals surface area contributed by atoms with E-state index in [1.165, 1.54) is 9.13 Å². The number of β-amino-alcohol motifs (C(OH)–C–C–N with tert-alkyl or cyclic N) is 1. The van der Waals surface area contributed by atoms with E-state index in [2.05, 4.69) is 58.7 Å². The molecule has 0 aliphatic carbocycles. The lowest BCUT2D eigenvalue weighted by atomic mass is 10.0. The van der Waals surface area contributed by atoms with Gasteiger partial charge in [0.05, 0.1) is 6.10 Å². The third-order valence-electron chi connectivity index (χ3n) is 2.79. The first-order valence-corrected chi connectivity index (χ1v) is 5.92. The summed E-state index contributed by atoms with van der Waals surface area (Å²) in [6.07, 6.45) is -0.110. The summed E-state index contributed by atoms with van der Waals surface area (Å²) in [5.74, 6) is 0. The third-order valence-corrected chi connectivity index (χ3v) is 3.51. The molecule has 0 unspecified atom stereocenters. The number of hydrogen-bond donors (Lipinski definition) is 1. The number of nitrogens with zero attached hydrogens (tertiary/aromatic N) is 1. The molecule has 0 bridgehead atoms. The molecule has 0 spiro atoms.